The third-order valence-electron chi connectivity index (χ3n) is 4.22. The number of nitrogens with zero attached hydrogens (tertiary/aromatic N) is 1. The quantitative estimate of drug-likeness (QED) is 0.631. The molecule has 0 amide bonds. The number of methoxy groups -OCH3 is 1. The second-order valence-electron chi connectivity index (χ2n) is 5.35. The van der Waals surface area contributed by atoms with Crippen molar-refractivity contribution in [3.8, 4) is 16.9 Å². The minimum absolute atomic E-state index is 0.899. The van der Waals surface area contributed by atoms with Crippen molar-refractivity contribution >= 4 is 10.9 Å². The number of fused-ring (bicyclic) bond motifs is 3. The van der Waals surface area contributed by atoms with Crippen LogP contribution in [0.5, 0.6) is 5.75 Å². The Labute approximate surface area is 124 Å². The largest absolute Gasteiger partial charge is 0.497 e. The van der Waals surface area contributed by atoms with Crippen LogP contribution in [0.3, 0.4) is 0 Å². The molecule has 0 fully saturated rings. The number of hydrogen-bond donors (Lipinski definition) is 0. The molecule has 0 saturated heterocycles. The SMILES string of the molecule is COc1ccc(-c2c3n(c4ccccc24)CC=CC3)cc1. The van der Waals surface area contributed by atoms with Crippen molar-refractivity contribution in [2.75, 3.05) is 7.11 Å². The fraction of sp³-hybridized carbons (Fsp3) is 0.158. The van der Waals surface area contributed by atoms with Crippen LogP contribution < -0.4 is 4.74 Å². The van der Waals surface area contributed by atoms with Crippen LogP contribution in [0, 0.1) is 0 Å². The molecule has 0 saturated carbocycles. The number of hydrogen-bond acceptors (Lipinski definition) is 1. The molecule has 2 nitrogen and oxygen atoms in total. The van der Waals surface area contributed by atoms with Gasteiger partial charge in [-0.05, 0) is 23.8 Å². The molecule has 21 heavy (non-hydrogen) atoms. The van der Waals surface area contributed by atoms with Crippen molar-refractivity contribution in [3.63, 3.8) is 0 Å². The van der Waals surface area contributed by atoms with Gasteiger partial charge in [0.05, 0.1) is 7.11 Å². The minimum atomic E-state index is 0.899. The summed E-state index contributed by atoms with van der Waals surface area (Å²) in [5.74, 6) is 0.899. The summed E-state index contributed by atoms with van der Waals surface area (Å²) in [6, 6.07) is 17.0. The van der Waals surface area contributed by atoms with Crippen LogP contribution in [0.1, 0.15) is 5.69 Å². The van der Waals surface area contributed by atoms with E-state index in [1.807, 2.05) is 12.1 Å². The maximum Gasteiger partial charge on any atom is 0.118 e. The van der Waals surface area contributed by atoms with Crippen molar-refractivity contribution in [2.24, 2.45) is 0 Å². The Balaban J connectivity index is 1.99. The summed E-state index contributed by atoms with van der Waals surface area (Å²) in [6.07, 6.45) is 5.51. The topological polar surface area (TPSA) is 14.2 Å². The number of rotatable bonds is 2. The second kappa shape index (κ2) is 4.81. The molecular weight excluding hydrogens is 258 g/mol. The van der Waals surface area contributed by atoms with Gasteiger partial charge in [0.2, 0.25) is 0 Å². The molecular formula is C19H17NO. The van der Waals surface area contributed by atoms with E-state index in [4.69, 9.17) is 4.74 Å². The molecule has 2 aromatic carbocycles. The van der Waals surface area contributed by atoms with Gasteiger partial charge in [0.15, 0.2) is 0 Å². The molecule has 0 atom stereocenters. The molecule has 2 heterocycles. The first kappa shape index (κ1) is 12.3. The van der Waals surface area contributed by atoms with Crippen LogP contribution in [0.25, 0.3) is 22.0 Å². The van der Waals surface area contributed by atoms with E-state index in [1.165, 1.54) is 27.7 Å². The molecule has 104 valence electrons. The Kier molecular flexibility index (Phi) is 2.81. The fourth-order valence-corrected chi connectivity index (χ4v) is 3.23. The van der Waals surface area contributed by atoms with Crippen molar-refractivity contribution in [1.82, 2.24) is 4.57 Å². The first-order valence-electron chi connectivity index (χ1n) is 7.28. The smallest absolute Gasteiger partial charge is 0.118 e. The number of benzene rings is 2. The Hall–Kier alpha value is -2.48. The summed E-state index contributed by atoms with van der Waals surface area (Å²) in [5.41, 5.74) is 5.35. The normalized spacial score (nSPS) is 13.4. The second-order valence-corrected chi connectivity index (χ2v) is 5.35. The molecule has 4 rings (SSSR count). The van der Waals surface area contributed by atoms with Crippen molar-refractivity contribution in [1.29, 1.82) is 0 Å². The highest BCUT2D eigenvalue weighted by Crippen LogP contribution is 2.37. The molecule has 1 aliphatic heterocycles. The Morgan fingerprint density at radius 1 is 0.952 bits per heavy atom. The van der Waals surface area contributed by atoms with E-state index in [2.05, 4.69) is 53.1 Å². The van der Waals surface area contributed by atoms with Gasteiger partial charge in [-0.1, -0.05) is 42.5 Å². The van der Waals surface area contributed by atoms with Gasteiger partial charge in [-0.2, -0.15) is 0 Å². The highest BCUT2D eigenvalue weighted by Gasteiger charge is 2.18. The van der Waals surface area contributed by atoms with Gasteiger partial charge in [0, 0.05) is 35.1 Å². The molecule has 0 radical (unpaired) electrons. The third-order valence-corrected chi connectivity index (χ3v) is 4.22. The fourth-order valence-electron chi connectivity index (χ4n) is 3.23. The minimum Gasteiger partial charge on any atom is -0.497 e. The van der Waals surface area contributed by atoms with Crippen LogP contribution in [0.4, 0.5) is 0 Å². The summed E-state index contributed by atoms with van der Waals surface area (Å²) in [5, 5.41) is 1.33. The Morgan fingerprint density at radius 3 is 2.57 bits per heavy atom. The zero-order valence-electron chi connectivity index (χ0n) is 12.0. The van der Waals surface area contributed by atoms with E-state index >= 15 is 0 Å². The third kappa shape index (κ3) is 1.87. The first-order chi connectivity index (χ1) is 10.4. The molecule has 0 spiro atoms. The lowest BCUT2D eigenvalue weighted by molar-refractivity contribution is 0.415. The van der Waals surface area contributed by atoms with Gasteiger partial charge in [-0.3, -0.25) is 0 Å². The van der Waals surface area contributed by atoms with E-state index in [0.29, 0.717) is 0 Å². The van der Waals surface area contributed by atoms with Crippen molar-refractivity contribution < 1.29 is 4.74 Å². The number of para-hydroxylation sites is 1. The van der Waals surface area contributed by atoms with E-state index in [0.717, 1.165) is 18.7 Å². The summed E-state index contributed by atoms with van der Waals surface area (Å²) >= 11 is 0. The average molecular weight is 275 g/mol. The standard InChI is InChI=1S/C19H17NO/c1-21-15-11-9-14(10-12-15)19-16-6-2-3-7-17(16)20-13-5-4-8-18(19)20/h2-7,9-12H,8,13H2,1H3. The van der Waals surface area contributed by atoms with Crippen molar-refractivity contribution in [2.45, 2.75) is 13.0 Å². The number of ether oxygens (including phenoxy) is 1. The maximum absolute atomic E-state index is 5.27. The molecule has 1 aliphatic rings. The Bertz CT molecular complexity index is 825. The van der Waals surface area contributed by atoms with Crippen molar-refractivity contribution in [3.05, 3.63) is 66.4 Å². The highest BCUT2D eigenvalue weighted by molar-refractivity contribution is 5.98. The maximum atomic E-state index is 5.27. The summed E-state index contributed by atoms with van der Waals surface area (Å²) < 4.78 is 7.70. The zero-order chi connectivity index (χ0) is 14.2. The lowest BCUT2D eigenvalue weighted by Crippen LogP contribution is -2.05. The van der Waals surface area contributed by atoms with E-state index < -0.39 is 0 Å². The average Bonchev–Trinajstić information content (AvgIpc) is 2.90. The lowest BCUT2D eigenvalue weighted by atomic mass is 10.00. The predicted octanol–water partition coefficient (Wildman–Crippen LogP) is 4.43. The molecule has 0 bridgehead atoms. The molecule has 0 N–H and O–H groups in total. The van der Waals surface area contributed by atoms with Crippen LogP contribution in [0.2, 0.25) is 0 Å². The monoisotopic (exact) mass is 275 g/mol. The van der Waals surface area contributed by atoms with Gasteiger partial charge >= 0.3 is 0 Å². The molecule has 1 aromatic heterocycles. The van der Waals surface area contributed by atoms with Gasteiger partial charge in [-0.25, -0.2) is 0 Å². The van der Waals surface area contributed by atoms with Gasteiger partial charge in [0.25, 0.3) is 0 Å². The van der Waals surface area contributed by atoms with Gasteiger partial charge < -0.3 is 9.30 Å². The molecule has 0 unspecified atom stereocenters. The van der Waals surface area contributed by atoms with Gasteiger partial charge in [0.1, 0.15) is 5.75 Å². The number of aromatic nitrogens is 1. The number of allylic oxidation sites excluding steroid dienone is 2. The lowest BCUT2D eigenvalue weighted by Gasteiger charge is -2.13. The van der Waals surface area contributed by atoms with E-state index in [1.54, 1.807) is 7.11 Å². The first-order valence-corrected chi connectivity index (χ1v) is 7.28. The summed E-state index contributed by atoms with van der Waals surface area (Å²) in [4.78, 5) is 0. The summed E-state index contributed by atoms with van der Waals surface area (Å²) in [6.45, 7) is 0.964. The van der Waals surface area contributed by atoms with Crippen LogP contribution in [-0.2, 0) is 13.0 Å². The van der Waals surface area contributed by atoms with E-state index in [9.17, 15) is 0 Å². The van der Waals surface area contributed by atoms with Crippen LogP contribution in [-0.4, -0.2) is 11.7 Å². The summed E-state index contributed by atoms with van der Waals surface area (Å²) in [7, 11) is 1.70. The molecule has 3 aromatic rings. The zero-order valence-corrected chi connectivity index (χ0v) is 12.0. The van der Waals surface area contributed by atoms with Crippen LogP contribution >= 0.6 is 0 Å². The van der Waals surface area contributed by atoms with Crippen LogP contribution in [0.15, 0.2) is 60.7 Å². The highest BCUT2D eigenvalue weighted by atomic mass is 16.5. The predicted molar refractivity (Wildman–Crippen MR) is 86.8 cm³/mol. The molecule has 0 aliphatic carbocycles. The van der Waals surface area contributed by atoms with E-state index in [-0.39, 0.29) is 0 Å². The van der Waals surface area contributed by atoms with Gasteiger partial charge in [-0.15, -0.1) is 0 Å². The molecule has 2 heteroatoms. The Morgan fingerprint density at radius 2 is 1.76 bits per heavy atom.